The Bertz CT molecular complexity index is 867. The lowest BCUT2D eigenvalue weighted by Crippen LogP contribution is -2.13. The van der Waals surface area contributed by atoms with Gasteiger partial charge in [0.1, 0.15) is 0 Å². The van der Waals surface area contributed by atoms with Crippen LogP contribution in [0.3, 0.4) is 0 Å². The van der Waals surface area contributed by atoms with Crippen LogP contribution in [0.2, 0.25) is 10.0 Å². The fourth-order valence-corrected chi connectivity index (χ4v) is 2.72. The smallest absolute Gasteiger partial charge is 0.257 e. The summed E-state index contributed by atoms with van der Waals surface area (Å²) in [6.45, 7) is 0.610. The average Bonchev–Trinajstić information content (AvgIpc) is 2.60. The number of halogens is 2. The number of amides is 1. The number of hydrogen-bond acceptors (Lipinski definition) is 4. The Balaban J connectivity index is 1.68. The monoisotopic (exact) mass is 372 g/mol. The van der Waals surface area contributed by atoms with E-state index in [2.05, 4.69) is 20.6 Å². The lowest BCUT2D eigenvalue weighted by atomic mass is 10.2. The number of nitrogens with one attached hydrogen (secondary N) is 2. The standard InChI is InChI=1S/C18H14Cl2N4O/c19-14-6-15(20)8-16(7-14)24-18(25)13-5-17(11-22-10-13)23-9-12-1-3-21-4-2-12/h1-8,10-11,23H,9H2,(H,24,25). The molecule has 0 aliphatic rings. The van der Waals surface area contributed by atoms with Crippen molar-refractivity contribution in [2.45, 2.75) is 6.54 Å². The van der Waals surface area contributed by atoms with Crippen molar-refractivity contribution < 1.29 is 4.79 Å². The molecule has 126 valence electrons. The van der Waals surface area contributed by atoms with Gasteiger partial charge in [-0.15, -0.1) is 0 Å². The number of rotatable bonds is 5. The number of pyridine rings is 2. The maximum atomic E-state index is 12.4. The summed E-state index contributed by atoms with van der Waals surface area (Å²) in [7, 11) is 0. The van der Waals surface area contributed by atoms with Gasteiger partial charge in [-0.3, -0.25) is 14.8 Å². The third kappa shape index (κ3) is 4.92. The second-order valence-corrected chi connectivity index (χ2v) is 6.16. The topological polar surface area (TPSA) is 66.9 Å². The predicted molar refractivity (Wildman–Crippen MR) is 100 cm³/mol. The molecule has 3 aromatic rings. The maximum absolute atomic E-state index is 12.4. The predicted octanol–water partition coefficient (Wildman–Crippen LogP) is 4.65. The molecule has 0 atom stereocenters. The molecule has 0 saturated carbocycles. The van der Waals surface area contributed by atoms with Crippen LogP contribution in [0.25, 0.3) is 0 Å². The van der Waals surface area contributed by atoms with Crippen molar-refractivity contribution >= 4 is 40.5 Å². The number of carbonyl (C=O) groups is 1. The van der Waals surface area contributed by atoms with Gasteiger partial charge in [0.05, 0.1) is 11.3 Å². The van der Waals surface area contributed by atoms with Crippen LogP contribution in [0.4, 0.5) is 11.4 Å². The number of anilines is 2. The quantitative estimate of drug-likeness (QED) is 0.683. The molecule has 25 heavy (non-hydrogen) atoms. The molecule has 2 heterocycles. The minimum atomic E-state index is -0.293. The largest absolute Gasteiger partial charge is 0.380 e. The van der Waals surface area contributed by atoms with Crippen molar-refractivity contribution in [1.82, 2.24) is 9.97 Å². The first-order valence-corrected chi connectivity index (χ1v) is 8.21. The van der Waals surface area contributed by atoms with Crippen molar-refractivity contribution in [2.24, 2.45) is 0 Å². The Morgan fingerprint density at radius 1 is 0.920 bits per heavy atom. The van der Waals surface area contributed by atoms with Crippen LogP contribution < -0.4 is 10.6 Å². The summed E-state index contributed by atoms with van der Waals surface area (Å²) in [5.74, 6) is -0.293. The molecular formula is C18H14Cl2N4O. The van der Waals surface area contributed by atoms with Crippen LogP contribution in [0.5, 0.6) is 0 Å². The van der Waals surface area contributed by atoms with Gasteiger partial charge in [-0.25, -0.2) is 0 Å². The Morgan fingerprint density at radius 2 is 1.64 bits per heavy atom. The molecule has 7 heteroatoms. The summed E-state index contributed by atoms with van der Waals surface area (Å²) < 4.78 is 0. The van der Waals surface area contributed by atoms with E-state index in [1.807, 2.05) is 12.1 Å². The molecule has 0 radical (unpaired) electrons. The zero-order chi connectivity index (χ0) is 17.6. The third-order valence-electron chi connectivity index (χ3n) is 3.37. The molecular weight excluding hydrogens is 359 g/mol. The molecule has 0 aliphatic carbocycles. The first-order valence-electron chi connectivity index (χ1n) is 7.45. The van der Waals surface area contributed by atoms with Crippen LogP contribution in [0.1, 0.15) is 15.9 Å². The first-order chi connectivity index (χ1) is 12.1. The lowest BCUT2D eigenvalue weighted by molar-refractivity contribution is 0.102. The van der Waals surface area contributed by atoms with Crippen LogP contribution in [-0.2, 0) is 6.54 Å². The molecule has 1 amide bonds. The Labute approximate surface area is 155 Å². The van der Waals surface area contributed by atoms with Gasteiger partial charge < -0.3 is 10.6 Å². The van der Waals surface area contributed by atoms with Crippen LogP contribution in [-0.4, -0.2) is 15.9 Å². The second-order valence-electron chi connectivity index (χ2n) is 5.28. The minimum absolute atomic E-state index is 0.293. The second kappa shape index (κ2) is 7.96. The molecule has 0 bridgehead atoms. The van der Waals surface area contributed by atoms with Gasteiger partial charge in [-0.2, -0.15) is 0 Å². The minimum Gasteiger partial charge on any atom is -0.380 e. The molecule has 0 aliphatic heterocycles. The third-order valence-corrected chi connectivity index (χ3v) is 3.80. The summed E-state index contributed by atoms with van der Waals surface area (Å²) in [6, 6.07) is 10.4. The normalized spacial score (nSPS) is 10.3. The van der Waals surface area contributed by atoms with Gasteiger partial charge in [0, 0.05) is 47.1 Å². The van der Waals surface area contributed by atoms with Crippen molar-refractivity contribution in [3.8, 4) is 0 Å². The molecule has 1 aromatic carbocycles. The van der Waals surface area contributed by atoms with E-state index in [1.54, 1.807) is 42.9 Å². The molecule has 2 aromatic heterocycles. The highest BCUT2D eigenvalue weighted by Crippen LogP contribution is 2.23. The van der Waals surface area contributed by atoms with Gasteiger partial charge in [0.15, 0.2) is 0 Å². The number of nitrogens with zero attached hydrogens (tertiary/aromatic N) is 2. The molecule has 5 nitrogen and oxygen atoms in total. The van der Waals surface area contributed by atoms with Gasteiger partial charge in [0.2, 0.25) is 0 Å². The summed E-state index contributed by atoms with van der Waals surface area (Å²) in [4.78, 5) is 20.5. The van der Waals surface area contributed by atoms with E-state index < -0.39 is 0 Å². The molecule has 0 unspecified atom stereocenters. The van der Waals surface area contributed by atoms with Gasteiger partial charge in [-0.05, 0) is 42.0 Å². The van der Waals surface area contributed by atoms with Crippen LogP contribution in [0, 0.1) is 0 Å². The molecule has 2 N–H and O–H groups in total. The Morgan fingerprint density at radius 3 is 2.36 bits per heavy atom. The van der Waals surface area contributed by atoms with Crippen molar-refractivity contribution in [3.05, 3.63) is 82.4 Å². The van der Waals surface area contributed by atoms with Crippen LogP contribution >= 0.6 is 23.2 Å². The SMILES string of the molecule is O=C(Nc1cc(Cl)cc(Cl)c1)c1cncc(NCc2ccncc2)c1. The number of aromatic nitrogens is 2. The fraction of sp³-hybridized carbons (Fsp3) is 0.0556. The molecule has 0 spiro atoms. The highest BCUT2D eigenvalue weighted by molar-refractivity contribution is 6.35. The first kappa shape index (κ1) is 17.2. The molecule has 3 rings (SSSR count). The van der Waals surface area contributed by atoms with Gasteiger partial charge in [-0.1, -0.05) is 23.2 Å². The van der Waals surface area contributed by atoms with E-state index >= 15 is 0 Å². The summed E-state index contributed by atoms with van der Waals surface area (Å²) >= 11 is 11.9. The summed E-state index contributed by atoms with van der Waals surface area (Å²) in [5.41, 5.74) is 2.78. The zero-order valence-electron chi connectivity index (χ0n) is 13.0. The summed E-state index contributed by atoms with van der Waals surface area (Å²) in [6.07, 6.45) is 6.62. The summed E-state index contributed by atoms with van der Waals surface area (Å²) in [5, 5.41) is 6.89. The average molecular weight is 373 g/mol. The lowest BCUT2D eigenvalue weighted by Gasteiger charge is -2.09. The van der Waals surface area contributed by atoms with Gasteiger partial charge in [0.25, 0.3) is 5.91 Å². The van der Waals surface area contributed by atoms with E-state index in [1.165, 1.54) is 6.20 Å². The van der Waals surface area contributed by atoms with Crippen molar-refractivity contribution in [3.63, 3.8) is 0 Å². The van der Waals surface area contributed by atoms with Crippen molar-refractivity contribution in [1.29, 1.82) is 0 Å². The van der Waals surface area contributed by atoms with E-state index in [4.69, 9.17) is 23.2 Å². The Hall–Kier alpha value is -2.63. The number of hydrogen-bond donors (Lipinski definition) is 2. The molecule has 0 saturated heterocycles. The Kier molecular flexibility index (Phi) is 5.48. The van der Waals surface area contributed by atoms with E-state index in [9.17, 15) is 4.79 Å². The van der Waals surface area contributed by atoms with E-state index in [0.29, 0.717) is 27.8 Å². The maximum Gasteiger partial charge on any atom is 0.257 e. The number of carbonyl (C=O) groups excluding carboxylic acids is 1. The highest BCUT2D eigenvalue weighted by atomic mass is 35.5. The van der Waals surface area contributed by atoms with Gasteiger partial charge >= 0.3 is 0 Å². The van der Waals surface area contributed by atoms with E-state index in [0.717, 1.165) is 11.3 Å². The van der Waals surface area contributed by atoms with Crippen molar-refractivity contribution in [2.75, 3.05) is 10.6 Å². The zero-order valence-corrected chi connectivity index (χ0v) is 14.6. The fourth-order valence-electron chi connectivity index (χ4n) is 2.19. The number of benzene rings is 1. The van der Waals surface area contributed by atoms with Crippen LogP contribution in [0.15, 0.2) is 61.2 Å². The molecule has 0 fully saturated rings. The highest BCUT2D eigenvalue weighted by Gasteiger charge is 2.09. The van der Waals surface area contributed by atoms with E-state index in [-0.39, 0.29) is 5.91 Å².